The number of nitrogens with one attached hydrogen (secondary N) is 1. The fraction of sp³-hybridized carbons (Fsp3) is 0.154. The second-order valence-electron chi connectivity index (χ2n) is 4.59. The minimum Gasteiger partial charge on any atom is -0.301 e. The summed E-state index contributed by atoms with van der Waals surface area (Å²) in [6, 6.07) is 5.27. The van der Waals surface area contributed by atoms with Crippen molar-refractivity contribution in [3.05, 3.63) is 33.6 Å². The molecule has 2 heterocycles. The molecule has 7 nitrogen and oxygen atoms in total. The first-order valence-electron chi connectivity index (χ1n) is 6.59. The molecule has 0 saturated heterocycles. The number of carbonyl (C=O) groups is 1. The number of thioether (sulfide) groups is 1. The van der Waals surface area contributed by atoms with E-state index in [-0.39, 0.29) is 11.7 Å². The predicted octanol–water partition coefficient (Wildman–Crippen LogP) is 3.37. The van der Waals surface area contributed by atoms with Crippen molar-refractivity contribution in [1.82, 2.24) is 25.2 Å². The minimum atomic E-state index is -0.182. The number of amides is 1. The third-order valence-corrected chi connectivity index (χ3v) is 5.39. The lowest BCUT2D eigenvalue weighted by atomic mass is 10.2. The van der Waals surface area contributed by atoms with E-state index in [9.17, 15) is 4.79 Å². The van der Waals surface area contributed by atoms with Crippen molar-refractivity contribution >= 4 is 57.3 Å². The van der Waals surface area contributed by atoms with Crippen LogP contribution in [0.5, 0.6) is 0 Å². The van der Waals surface area contributed by atoms with Crippen LogP contribution in [0.4, 0.5) is 5.13 Å². The van der Waals surface area contributed by atoms with Gasteiger partial charge < -0.3 is 5.32 Å². The first-order valence-corrected chi connectivity index (χ1v) is 9.21. The van der Waals surface area contributed by atoms with Crippen LogP contribution in [0, 0.1) is 0 Å². The van der Waals surface area contributed by atoms with Crippen molar-refractivity contribution in [1.29, 1.82) is 0 Å². The van der Waals surface area contributed by atoms with Gasteiger partial charge in [0.25, 0.3) is 0 Å². The van der Waals surface area contributed by atoms with Crippen LogP contribution >= 0.6 is 46.3 Å². The number of nitrogens with zero attached hydrogens (tertiary/aromatic N) is 5. The van der Waals surface area contributed by atoms with E-state index >= 15 is 0 Å². The fourth-order valence-electron chi connectivity index (χ4n) is 1.75. The molecule has 0 saturated carbocycles. The summed E-state index contributed by atoms with van der Waals surface area (Å²) in [6.07, 6.45) is 0. The summed E-state index contributed by atoms with van der Waals surface area (Å²) in [6.45, 7) is 0. The smallest absolute Gasteiger partial charge is 0.236 e. The van der Waals surface area contributed by atoms with Crippen molar-refractivity contribution in [3.63, 3.8) is 0 Å². The average molecular weight is 401 g/mol. The number of aryl methyl sites for hydroxylation is 1. The highest BCUT2D eigenvalue weighted by Crippen LogP contribution is 2.30. The average Bonchev–Trinajstić information content (AvgIpc) is 3.17. The topological polar surface area (TPSA) is 85.6 Å². The number of hydrogen-bond acceptors (Lipinski definition) is 7. The molecule has 0 radical (unpaired) electrons. The number of thiazole rings is 1. The Bertz CT molecular complexity index is 881. The standard InChI is InChI=1S/C13H10Cl2N6OS2/c1-21-13(18-19-20-21)24-6-11(22)17-12-16-10(5-23-12)7-2-3-8(14)9(15)4-7/h2-5H,6H2,1H3,(H,16,17,22). The summed E-state index contributed by atoms with van der Waals surface area (Å²) < 4.78 is 1.50. The van der Waals surface area contributed by atoms with Crippen LogP contribution < -0.4 is 5.32 Å². The van der Waals surface area contributed by atoms with Gasteiger partial charge in [-0.15, -0.1) is 16.4 Å². The van der Waals surface area contributed by atoms with Gasteiger partial charge >= 0.3 is 0 Å². The van der Waals surface area contributed by atoms with Crippen molar-refractivity contribution < 1.29 is 4.79 Å². The molecular weight excluding hydrogens is 391 g/mol. The van der Waals surface area contributed by atoms with Gasteiger partial charge in [0.1, 0.15) is 0 Å². The Morgan fingerprint density at radius 2 is 2.21 bits per heavy atom. The summed E-state index contributed by atoms with van der Waals surface area (Å²) in [5.41, 5.74) is 1.56. The number of rotatable bonds is 5. The lowest BCUT2D eigenvalue weighted by molar-refractivity contribution is -0.113. The van der Waals surface area contributed by atoms with Crippen LogP contribution in [0.1, 0.15) is 0 Å². The van der Waals surface area contributed by atoms with Gasteiger partial charge in [0, 0.05) is 18.0 Å². The second kappa shape index (κ2) is 7.47. The molecule has 0 aliphatic carbocycles. The van der Waals surface area contributed by atoms with Gasteiger partial charge in [-0.2, -0.15) is 0 Å². The predicted molar refractivity (Wildman–Crippen MR) is 95.7 cm³/mol. The number of carbonyl (C=O) groups excluding carboxylic acids is 1. The zero-order valence-electron chi connectivity index (χ0n) is 12.2. The summed E-state index contributed by atoms with van der Waals surface area (Å²) in [5, 5.41) is 17.6. The van der Waals surface area contributed by atoms with Gasteiger partial charge in [-0.3, -0.25) is 4.79 Å². The number of benzene rings is 1. The fourth-order valence-corrected chi connectivity index (χ4v) is 3.43. The summed E-state index contributed by atoms with van der Waals surface area (Å²) in [5.74, 6) is 0.00800. The molecular formula is C13H10Cl2N6OS2. The highest BCUT2D eigenvalue weighted by molar-refractivity contribution is 7.99. The normalized spacial score (nSPS) is 10.8. The maximum Gasteiger partial charge on any atom is 0.236 e. The van der Waals surface area contributed by atoms with E-state index in [2.05, 4.69) is 25.8 Å². The lowest BCUT2D eigenvalue weighted by Gasteiger charge is -2.01. The molecule has 11 heteroatoms. The number of halogens is 2. The Labute approximate surface area is 155 Å². The first-order chi connectivity index (χ1) is 11.5. The Morgan fingerprint density at radius 1 is 1.38 bits per heavy atom. The van der Waals surface area contributed by atoms with Crippen LogP contribution in [0.15, 0.2) is 28.7 Å². The Hall–Kier alpha value is -1.68. The van der Waals surface area contributed by atoms with E-state index < -0.39 is 0 Å². The molecule has 1 amide bonds. The van der Waals surface area contributed by atoms with Crippen molar-refractivity contribution in [3.8, 4) is 11.3 Å². The second-order valence-corrected chi connectivity index (χ2v) is 7.20. The van der Waals surface area contributed by atoms with Crippen LogP contribution in [0.2, 0.25) is 10.0 Å². The maximum absolute atomic E-state index is 12.0. The van der Waals surface area contributed by atoms with E-state index in [0.29, 0.717) is 20.3 Å². The summed E-state index contributed by atoms with van der Waals surface area (Å²) in [4.78, 5) is 16.4. The molecule has 0 aliphatic heterocycles. The van der Waals surface area contributed by atoms with Gasteiger partial charge in [0.2, 0.25) is 11.1 Å². The summed E-state index contributed by atoms with van der Waals surface area (Å²) >= 11 is 14.5. The zero-order chi connectivity index (χ0) is 17.1. The third kappa shape index (κ3) is 4.04. The molecule has 3 rings (SSSR count). The van der Waals surface area contributed by atoms with Gasteiger partial charge in [-0.1, -0.05) is 41.0 Å². The van der Waals surface area contributed by atoms with Gasteiger partial charge in [-0.25, -0.2) is 9.67 Å². The molecule has 0 aliphatic rings. The molecule has 3 aromatic rings. The largest absolute Gasteiger partial charge is 0.301 e. The SMILES string of the molecule is Cn1nnnc1SCC(=O)Nc1nc(-c2ccc(Cl)c(Cl)c2)cs1. The van der Waals surface area contributed by atoms with Crippen molar-refractivity contribution in [2.24, 2.45) is 7.05 Å². The molecule has 2 aromatic heterocycles. The van der Waals surface area contributed by atoms with Gasteiger partial charge in [-0.05, 0) is 22.6 Å². The lowest BCUT2D eigenvalue weighted by Crippen LogP contribution is -2.14. The quantitative estimate of drug-likeness (QED) is 0.660. The molecule has 0 unspecified atom stereocenters. The van der Waals surface area contributed by atoms with Crippen molar-refractivity contribution in [2.45, 2.75) is 5.16 Å². The monoisotopic (exact) mass is 400 g/mol. The molecule has 0 fully saturated rings. The van der Waals surface area contributed by atoms with Gasteiger partial charge in [0.15, 0.2) is 5.13 Å². The molecule has 24 heavy (non-hydrogen) atoms. The Kier molecular flexibility index (Phi) is 5.34. The highest BCUT2D eigenvalue weighted by Gasteiger charge is 2.11. The van der Waals surface area contributed by atoms with E-state index in [1.807, 2.05) is 11.4 Å². The maximum atomic E-state index is 12.0. The van der Waals surface area contributed by atoms with Crippen LogP contribution in [-0.2, 0) is 11.8 Å². The first kappa shape index (κ1) is 17.2. The summed E-state index contributed by atoms with van der Waals surface area (Å²) in [7, 11) is 1.71. The minimum absolute atomic E-state index is 0.182. The number of aromatic nitrogens is 5. The third-order valence-electron chi connectivity index (χ3n) is 2.88. The van der Waals surface area contributed by atoms with E-state index in [1.54, 1.807) is 19.2 Å². The molecule has 124 valence electrons. The van der Waals surface area contributed by atoms with Crippen LogP contribution in [0.3, 0.4) is 0 Å². The van der Waals surface area contributed by atoms with Crippen LogP contribution in [-0.4, -0.2) is 36.9 Å². The van der Waals surface area contributed by atoms with Crippen molar-refractivity contribution in [2.75, 3.05) is 11.1 Å². The molecule has 0 spiro atoms. The van der Waals surface area contributed by atoms with E-state index in [1.165, 1.54) is 27.8 Å². The van der Waals surface area contributed by atoms with E-state index in [0.717, 1.165) is 11.3 Å². The Morgan fingerprint density at radius 3 is 2.92 bits per heavy atom. The van der Waals surface area contributed by atoms with Crippen LogP contribution in [0.25, 0.3) is 11.3 Å². The molecule has 0 atom stereocenters. The Balaban J connectivity index is 1.62. The number of tetrazole rings is 1. The highest BCUT2D eigenvalue weighted by atomic mass is 35.5. The van der Waals surface area contributed by atoms with E-state index in [4.69, 9.17) is 23.2 Å². The zero-order valence-corrected chi connectivity index (χ0v) is 15.4. The number of anilines is 1. The molecule has 0 bridgehead atoms. The molecule has 1 N–H and O–H groups in total. The van der Waals surface area contributed by atoms with Gasteiger partial charge in [0.05, 0.1) is 21.5 Å². The number of hydrogen-bond donors (Lipinski definition) is 1. The molecule has 1 aromatic carbocycles.